The van der Waals surface area contributed by atoms with Crippen LogP contribution in [0.4, 0.5) is 9.93 Å². The molecule has 3 heterocycles. The van der Waals surface area contributed by atoms with E-state index in [2.05, 4.69) is 15.4 Å². The lowest BCUT2D eigenvalue weighted by molar-refractivity contribution is 0.0700. The van der Waals surface area contributed by atoms with Gasteiger partial charge in [-0.2, -0.15) is 5.10 Å². The SMILES string of the molecule is CCn1nc(C)cc1OC(=O)NC[C@@H]1[C@H]2C[C@H]2CN1C(=O)c1nc(N)sc1-c1cccc(C)c1. The van der Waals surface area contributed by atoms with E-state index in [4.69, 9.17) is 10.5 Å². The van der Waals surface area contributed by atoms with Crippen LogP contribution in [0.5, 0.6) is 5.88 Å². The number of ether oxygens (including phenoxy) is 1. The van der Waals surface area contributed by atoms with Crippen LogP contribution in [0.25, 0.3) is 10.4 Å². The fraction of sp³-hybridized carbons (Fsp3) is 0.417. The Morgan fingerprint density at radius 3 is 2.88 bits per heavy atom. The minimum absolute atomic E-state index is 0.101. The first kappa shape index (κ1) is 22.4. The van der Waals surface area contributed by atoms with Crippen molar-refractivity contribution in [3.8, 4) is 16.3 Å². The van der Waals surface area contributed by atoms with Crippen LogP contribution in [-0.2, 0) is 6.54 Å². The number of aryl methyl sites for hydroxylation is 3. The highest BCUT2D eigenvalue weighted by atomic mass is 32.1. The Morgan fingerprint density at radius 2 is 2.12 bits per heavy atom. The van der Waals surface area contributed by atoms with Crippen molar-refractivity contribution in [1.29, 1.82) is 0 Å². The number of hydrogen-bond acceptors (Lipinski definition) is 7. The van der Waals surface area contributed by atoms with Crippen LogP contribution in [0.3, 0.4) is 0 Å². The number of anilines is 1. The molecule has 0 unspecified atom stereocenters. The van der Waals surface area contributed by atoms with E-state index in [0.717, 1.165) is 28.1 Å². The maximum Gasteiger partial charge on any atom is 0.414 e. The number of aromatic nitrogens is 3. The monoisotopic (exact) mass is 480 g/mol. The van der Waals surface area contributed by atoms with E-state index in [0.29, 0.717) is 48.2 Å². The summed E-state index contributed by atoms with van der Waals surface area (Å²) in [7, 11) is 0. The van der Waals surface area contributed by atoms with Gasteiger partial charge in [-0.15, -0.1) is 0 Å². The van der Waals surface area contributed by atoms with E-state index in [1.54, 1.807) is 10.7 Å². The molecule has 1 aromatic carbocycles. The molecule has 9 nitrogen and oxygen atoms in total. The highest BCUT2D eigenvalue weighted by Crippen LogP contribution is 2.50. The van der Waals surface area contributed by atoms with Crippen molar-refractivity contribution < 1.29 is 14.3 Å². The third-order valence-corrected chi connectivity index (χ3v) is 7.44. The molecule has 0 bridgehead atoms. The summed E-state index contributed by atoms with van der Waals surface area (Å²) in [5.41, 5.74) is 9.21. The molecular weight excluding hydrogens is 452 g/mol. The van der Waals surface area contributed by atoms with Gasteiger partial charge in [-0.05, 0) is 44.6 Å². The quantitative estimate of drug-likeness (QED) is 0.558. The lowest BCUT2D eigenvalue weighted by Gasteiger charge is -2.27. The fourth-order valence-electron chi connectivity index (χ4n) is 4.82. The second kappa shape index (κ2) is 8.75. The van der Waals surface area contributed by atoms with Crippen molar-refractivity contribution >= 4 is 28.5 Å². The molecule has 178 valence electrons. The minimum atomic E-state index is -0.551. The molecule has 34 heavy (non-hydrogen) atoms. The van der Waals surface area contributed by atoms with E-state index in [9.17, 15) is 9.59 Å². The highest BCUT2D eigenvalue weighted by Gasteiger charge is 2.54. The number of fused-ring (bicyclic) bond motifs is 1. The highest BCUT2D eigenvalue weighted by molar-refractivity contribution is 7.19. The molecule has 2 amide bonds. The van der Waals surface area contributed by atoms with Gasteiger partial charge in [0, 0.05) is 25.7 Å². The molecule has 3 aromatic rings. The zero-order valence-corrected chi connectivity index (χ0v) is 20.3. The third-order valence-electron chi connectivity index (χ3n) is 6.51. The number of carbonyl (C=O) groups is 2. The molecule has 2 aromatic heterocycles. The van der Waals surface area contributed by atoms with Gasteiger partial charge >= 0.3 is 6.09 Å². The van der Waals surface area contributed by atoms with Gasteiger partial charge in [-0.25, -0.2) is 14.5 Å². The first-order valence-electron chi connectivity index (χ1n) is 11.5. The average molecular weight is 481 g/mol. The lowest BCUT2D eigenvalue weighted by atomic mass is 10.1. The summed E-state index contributed by atoms with van der Waals surface area (Å²) >= 11 is 1.32. The molecule has 2 aliphatic rings. The van der Waals surface area contributed by atoms with Gasteiger partial charge < -0.3 is 20.7 Å². The van der Waals surface area contributed by atoms with E-state index in [-0.39, 0.29) is 11.9 Å². The first-order chi connectivity index (χ1) is 16.3. The largest absolute Gasteiger partial charge is 0.414 e. The number of nitrogens with one attached hydrogen (secondary N) is 1. The van der Waals surface area contributed by atoms with Crippen LogP contribution in [0.2, 0.25) is 0 Å². The number of rotatable bonds is 6. The molecule has 0 radical (unpaired) electrons. The molecule has 1 aliphatic heterocycles. The summed E-state index contributed by atoms with van der Waals surface area (Å²) in [5.74, 6) is 1.11. The zero-order valence-electron chi connectivity index (χ0n) is 19.4. The lowest BCUT2D eigenvalue weighted by Crippen LogP contribution is -2.46. The Labute approximate surface area is 201 Å². The number of nitrogens with zero attached hydrogens (tertiary/aromatic N) is 4. The molecule has 3 N–H and O–H groups in total. The summed E-state index contributed by atoms with van der Waals surface area (Å²) in [4.78, 5) is 33.1. The Bertz CT molecular complexity index is 1250. The maximum atomic E-state index is 13.6. The van der Waals surface area contributed by atoms with E-state index >= 15 is 0 Å². The van der Waals surface area contributed by atoms with Crippen LogP contribution in [-0.4, -0.2) is 50.8 Å². The van der Waals surface area contributed by atoms with Crippen LogP contribution in [0.15, 0.2) is 30.3 Å². The summed E-state index contributed by atoms with van der Waals surface area (Å²) in [6, 6.07) is 9.60. The van der Waals surface area contributed by atoms with Gasteiger partial charge in [0.1, 0.15) is 5.69 Å². The van der Waals surface area contributed by atoms with Crippen LogP contribution < -0.4 is 15.8 Å². The van der Waals surface area contributed by atoms with Gasteiger partial charge in [0.2, 0.25) is 5.88 Å². The van der Waals surface area contributed by atoms with Crippen molar-refractivity contribution in [2.45, 2.75) is 39.8 Å². The number of amides is 2. The van der Waals surface area contributed by atoms with Crippen molar-refractivity contribution in [2.24, 2.45) is 11.8 Å². The average Bonchev–Trinajstić information content (AvgIpc) is 3.12. The van der Waals surface area contributed by atoms with E-state index in [1.165, 1.54) is 11.3 Å². The molecule has 10 heteroatoms. The van der Waals surface area contributed by atoms with E-state index in [1.807, 2.05) is 49.9 Å². The number of hydrogen-bond donors (Lipinski definition) is 2. The van der Waals surface area contributed by atoms with E-state index < -0.39 is 6.09 Å². The smallest absolute Gasteiger partial charge is 0.392 e. The normalized spacial score (nSPS) is 20.8. The van der Waals surface area contributed by atoms with Crippen molar-refractivity contribution in [3.05, 3.63) is 47.3 Å². The Hall–Kier alpha value is -3.40. The molecule has 3 atom stereocenters. The number of nitrogen functional groups attached to an aromatic ring is 1. The number of nitrogens with two attached hydrogens (primary N) is 1. The first-order valence-corrected chi connectivity index (χ1v) is 12.3. The van der Waals surface area contributed by atoms with Gasteiger partial charge in [0.15, 0.2) is 5.13 Å². The summed E-state index contributed by atoms with van der Waals surface area (Å²) < 4.78 is 7.09. The van der Waals surface area contributed by atoms with Crippen molar-refractivity contribution in [3.63, 3.8) is 0 Å². The van der Waals surface area contributed by atoms with Crippen molar-refractivity contribution in [1.82, 2.24) is 25.0 Å². The van der Waals surface area contributed by atoms with Gasteiger partial charge in [-0.3, -0.25) is 4.79 Å². The van der Waals surface area contributed by atoms with Gasteiger partial charge in [0.05, 0.1) is 16.6 Å². The molecule has 2 fully saturated rings. The predicted octanol–water partition coefficient (Wildman–Crippen LogP) is 3.47. The zero-order chi connectivity index (χ0) is 24.0. The summed E-state index contributed by atoms with van der Waals surface area (Å²) in [5, 5.41) is 7.50. The molecular formula is C24H28N6O3S. The van der Waals surface area contributed by atoms with Crippen LogP contribution in [0, 0.1) is 25.7 Å². The summed E-state index contributed by atoms with van der Waals surface area (Å²) in [6.45, 7) is 7.39. The number of benzene rings is 1. The summed E-state index contributed by atoms with van der Waals surface area (Å²) in [6.07, 6.45) is 0.515. The molecule has 5 rings (SSSR count). The van der Waals surface area contributed by atoms with Gasteiger partial charge in [0.25, 0.3) is 5.91 Å². The van der Waals surface area contributed by atoms with Crippen molar-refractivity contribution in [2.75, 3.05) is 18.8 Å². The maximum absolute atomic E-state index is 13.6. The number of carbonyl (C=O) groups excluding carboxylic acids is 2. The molecule has 1 saturated heterocycles. The topological polar surface area (TPSA) is 115 Å². The number of piperidine rings is 1. The van der Waals surface area contributed by atoms with Gasteiger partial charge in [-0.1, -0.05) is 41.2 Å². The Morgan fingerprint density at radius 1 is 1.29 bits per heavy atom. The van der Waals surface area contributed by atoms with Crippen LogP contribution in [0.1, 0.15) is 35.1 Å². The molecule has 0 spiro atoms. The standard InChI is InChI=1S/C24H28N6O3S/c1-4-30-19(9-14(3)28-30)33-24(32)26-11-18-17-10-16(17)12-29(18)22(31)20-21(34-23(25)27-20)15-7-5-6-13(2)8-15/h5-9,16-18H,4,10-12H2,1-3H3,(H2,25,27)(H,26,32)/t16-,17-,18+/m0/s1. The second-order valence-electron chi connectivity index (χ2n) is 8.99. The predicted molar refractivity (Wildman–Crippen MR) is 130 cm³/mol. The second-order valence-corrected chi connectivity index (χ2v) is 10.0. The Balaban J connectivity index is 1.30. The molecule has 1 aliphatic carbocycles. The number of likely N-dealkylation sites (tertiary alicyclic amines) is 1. The van der Waals surface area contributed by atoms with Crippen LogP contribution >= 0.6 is 11.3 Å². The third kappa shape index (κ3) is 4.25. The number of thiazole rings is 1. The fourth-order valence-corrected chi connectivity index (χ4v) is 5.64. The minimum Gasteiger partial charge on any atom is -0.392 e. The Kier molecular flexibility index (Phi) is 5.76. The molecule has 1 saturated carbocycles.